The second-order valence-electron chi connectivity index (χ2n) is 18.2. The van der Waals surface area contributed by atoms with E-state index in [1.807, 2.05) is 20.9 Å². The number of cyclic esters (lactones) is 1. The number of hydrogen-bond donors (Lipinski definition) is 3. The largest absolute Gasteiger partial charge is 0.459 e. The number of ether oxygens (including phenoxy) is 4. The fraction of sp³-hybridized carbons (Fsp3) is 0.750. The van der Waals surface area contributed by atoms with E-state index >= 15 is 0 Å². The van der Waals surface area contributed by atoms with E-state index in [-0.39, 0.29) is 41.6 Å². The molecule has 4 rings (SSSR count). The first-order valence-electron chi connectivity index (χ1n) is 21.5. The summed E-state index contributed by atoms with van der Waals surface area (Å²) in [5.74, 6) is -5.96. The summed E-state index contributed by atoms with van der Waals surface area (Å²) >= 11 is 0. The first-order valence-corrected chi connectivity index (χ1v) is 23.4. The average Bonchev–Trinajstić information content (AvgIpc) is 3.70. The minimum absolute atomic E-state index is 0.0796. The number of Topliss-reactive ketones (excluding diaryl/α,β-unsaturated/α-hetero) is 2. The van der Waals surface area contributed by atoms with Crippen LogP contribution in [0.3, 0.4) is 0 Å². The zero-order valence-electron chi connectivity index (χ0n) is 38.2. The molecule has 2 aromatic rings. The highest BCUT2D eigenvalue weighted by molar-refractivity contribution is 7.90. The van der Waals surface area contributed by atoms with E-state index in [2.05, 4.69) is 15.2 Å². The molecule has 2 fully saturated rings. The Kier molecular flexibility index (Phi) is 17.2. The summed E-state index contributed by atoms with van der Waals surface area (Å²) in [6.07, 6.45) is -2.32. The monoisotopic (exact) mass is 896 g/mol. The topological polar surface area (TPSA) is 217 Å². The van der Waals surface area contributed by atoms with Crippen molar-refractivity contribution in [1.29, 1.82) is 0 Å². The van der Waals surface area contributed by atoms with Gasteiger partial charge in [-0.15, -0.1) is 5.10 Å². The number of ketones is 2. The molecule has 15 atom stereocenters. The van der Waals surface area contributed by atoms with Crippen LogP contribution >= 0.6 is 0 Å². The number of esters is 1. The summed E-state index contributed by atoms with van der Waals surface area (Å²) < 4.78 is 64.5. The number of methoxy groups -OCH3 is 1. The Morgan fingerprint density at radius 1 is 1.05 bits per heavy atom. The molecule has 1 aromatic heterocycles. The number of sulfone groups is 1. The van der Waals surface area contributed by atoms with Crippen LogP contribution in [0.5, 0.6) is 0 Å². The number of aliphatic hydroxyl groups is 3. The molecule has 2 aliphatic heterocycles. The van der Waals surface area contributed by atoms with Gasteiger partial charge in [-0.1, -0.05) is 52.0 Å². The summed E-state index contributed by atoms with van der Waals surface area (Å²) in [5.41, 5.74) is -2.37. The maximum atomic E-state index is 14.4. The Morgan fingerprint density at radius 2 is 1.68 bits per heavy atom. The fourth-order valence-corrected chi connectivity index (χ4v) is 9.77. The molecule has 0 radical (unpaired) electrons. The van der Waals surface area contributed by atoms with Crippen LogP contribution in [0, 0.1) is 29.6 Å². The number of alkyl halides is 1. The highest BCUT2D eigenvalue weighted by Gasteiger charge is 2.51. The minimum atomic E-state index is -3.45. The predicted molar refractivity (Wildman–Crippen MR) is 226 cm³/mol. The van der Waals surface area contributed by atoms with Crippen LogP contribution in [-0.4, -0.2) is 143 Å². The predicted octanol–water partition coefficient (Wildman–Crippen LogP) is 3.85. The number of likely N-dealkylation sites (N-methyl/N-ethyl adjacent to an activating group) is 1. The maximum absolute atomic E-state index is 14.4. The summed E-state index contributed by atoms with van der Waals surface area (Å²) in [6.45, 7) is 14.5. The summed E-state index contributed by atoms with van der Waals surface area (Å²) in [5, 5.41) is 42.1. The molecule has 0 spiro atoms. The Bertz CT molecular complexity index is 1950. The van der Waals surface area contributed by atoms with Crippen LogP contribution in [-0.2, 0) is 49.6 Å². The van der Waals surface area contributed by atoms with Crippen molar-refractivity contribution in [2.45, 2.75) is 153 Å². The third kappa shape index (κ3) is 11.3. The molecule has 0 aliphatic carbocycles. The van der Waals surface area contributed by atoms with Gasteiger partial charge in [0.25, 0.3) is 0 Å². The lowest BCUT2D eigenvalue weighted by molar-refractivity contribution is -0.281. The van der Waals surface area contributed by atoms with E-state index in [0.29, 0.717) is 30.6 Å². The van der Waals surface area contributed by atoms with Gasteiger partial charge in [0.15, 0.2) is 21.9 Å². The van der Waals surface area contributed by atoms with E-state index in [1.165, 1.54) is 56.8 Å². The van der Waals surface area contributed by atoms with Gasteiger partial charge in [-0.05, 0) is 71.7 Å². The van der Waals surface area contributed by atoms with Crippen molar-refractivity contribution in [3.05, 3.63) is 41.7 Å². The second-order valence-corrected chi connectivity index (χ2v) is 20.2. The molecular formula is C44H69FN4O12S. The van der Waals surface area contributed by atoms with Gasteiger partial charge < -0.3 is 39.2 Å². The summed E-state index contributed by atoms with van der Waals surface area (Å²) in [4.78, 5) is 43.9. The molecule has 18 heteroatoms. The van der Waals surface area contributed by atoms with E-state index < -0.39 is 99.9 Å². The van der Waals surface area contributed by atoms with Crippen molar-refractivity contribution in [1.82, 2.24) is 19.9 Å². The number of halogens is 1. The molecular weight excluding hydrogens is 828 g/mol. The number of rotatable bonds is 13. The highest BCUT2D eigenvalue weighted by atomic mass is 32.2. The second kappa shape index (κ2) is 20.7. The van der Waals surface area contributed by atoms with Gasteiger partial charge >= 0.3 is 5.97 Å². The zero-order valence-corrected chi connectivity index (χ0v) is 39.0. The van der Waals surface area contributed by atoms with Crippen molar-refractivity contribution < 1.29 is 61.5 Å². The molecule has 16 nitrogen and oxygen atoms in total. The Morgan fingerprint density at radius 3 is 2.24 bits per heavy atom. The van der Waals surface area contributed by atoms with Gasteiger partial charge in [0.1, 0.15) is 42.2 Å². The molecule has 350 valence electrons. The van der Waals surface area contributed by atoms with E-state index in [9.17, 15) is 42.5 Å². The smallest absolute Gasteiger partial charge is 0.316 e. The van der Waals surface area contributed by atoms with Crippen LogP contribution in [0.4, 0.5) is 4.39 Å². The molecule has 2 saturated heterocycles. The van der Waals surface area contributed by atoms with Crippen molar-refractivity contribution in [3.8, 4) is 0 Å². The van der Waals surface area contributed by atoms with Crippen molar-refractivity contribution >= 4 is 27.4 Å². The van der Waals surface area contributed by atoms with Gasteiger partial charge in [0.05, 0.1) is 34.5 Å². The number of benzene rings is 1. The molecule has 0 amide bonds. The van der Waals surface area contributed by atoms with Gasteiger partial charge in [-0.3, -0.25) is 14.4 Å². The van der Waals surface area contributed by atoms with Crippen molar-refractivity contribution in [3.63, 3.8) is 0 Å². The molecule has 0 bridgehead atoms. The molecule has 0 saturated carbocycles. The van der Waals surface area contributed by atoms with Crippen molar-refractivity contribution in [2.75, 3.05) is 33.6 Å². The minimum Gasteiger partial charge on any atom is -0.459 e. The molecule has 62 heavy (non-hydrogen) atoms. The van der Waals surface area contributed by atoms with E-state index in [1.54, 1.807) is 33.9 Å². The molecule has 0 unspecified atom stereocenters. The van der Waals surface area contributed by atoms with Gasteiger partial charge in [0.2, 0.25) is 0 Å². The summed E-state index contributed by atoms with van der Waals surface area (Å²) in [7, 11) is -0.0220. The number of hydrogen-bond acceptors (Lipinski definition) is 15. The van der Waals surface area contributed by atoms with Crippen LogP contribution in [0.15, 0.2) is 35.4 Å². The van der Waals surface area contributed by atoms with E-state index in [4.69, 9.17) is 18.9 Å². The number of aromatic nitrogens is 3. The van der Waals surface area contributed by atoms with Crippen molar-refractivity contribution in [2.24, 2.45) is 29.6 Å². The first kappa shape index (κ1) is 51.4. The Hall–Kier alpha value is -3.23. The Balaban J connectivity index is 1.55. The Labute approximate surface area is 365 Å². The van der Waals surface area contributed by atoms with Crippen LogP contribution in [0.1, 0.15) is 105 Å². The molecule has 3 heterocycles. The lowest BCUT2D eigenvalue weighted by Crippen LogP contribution is -2.58. The van der Waals surface area contributed by atoms with Crippen LogP contribution in [0.25, 0.3) is 0 Å². The number of aliphatic hydroxyl groups excluding tert-OH is 2. The molecule has 3 N–H and O–H groups in total. The lowest BCUT2D eigenvalue weighted by atomic mass is 9.74. The van der Waals surface area contributed by atoms with Crippen LogP contribution < -0.4 is 0 Å². The molecule has 2 aliphatic rings. The van der Waals surface area contributed by atoms with Gasteiger partial charge in [-0.2, -0.15) is 0 Å². The number of carbonyl (C=O) groups is 3. The normalized spacial score (nSPS) is 35.6. The third-order valence-electron chi connectivity index (χ3n) is 13.4. The summed E-state index contributed by atoms with van der Waals surface area (Å²) in [6, 6.07) is 4.43. The first-order chi connectivity index (χ1) is 28.8. The fourth-order valence-electron chi connectivity index (χ4n) is 9.14. The standard InChI is InChI=1S/C44H69FN4O12S/c1-13-35-44(9,55)39(53)27(5)36(50)24(2)21-43(8,58-11)40(28(6)37(51)29(7)41(54)60-35)61-42-26(4)33(20-25(3)59-42)48(10)19-18-31-23-49(47-46-31)34(22-45)38(52)30-14-16-32(17-15-30)62(12,56)57/h14-17,23-29,33-35,38-40,42,52-53,55H,13,18-22H2,1-12H3/t24-,25-,26-,27+,28+,29-,33+,34-,35-,38-,39-,40-,42+,43-,44-/m1/s1. The number of carbonyl (C=O) groups excluding carboxylic acids is 3. The quantitative estimate of drug-likeness (QED) is 0.192. The lowest BCUT2D eigenvalue weighted by Gasteiger charge is -2.48. The maximum Gasteiger partial charge on any atom is 0.316 e. The third-order valence-corrected chi connectivity index (χ3v) is 14.5. The van der Waals surface area contributed by atoms with Crippen LogP contribution in [0.2, 0.25) is 0 Å². The van der Waals surface area contributed by atoms with Gasteiger partial charge in [0, 0.05) is 62.2 Å². The number of nitrogens with zero attached hydrogens (tertiary/aromatic N) is 4. The average molecular weight is 897 g/mol. The molecule has 1 aromatic carbocycles. The zero-order chi connectivity index (χ0) is 46.6. The SMILES string of the molecule is CC[C@H]1OC(=O)[C@H](C)C(=O)[C@H](C)[C@@H](O[C@@H]2O[C@H](C)C[C@H](N(C)CCc3cn([C@H](CF)[C@H](O)c4ccc(S(C)(=O)=O)cc4)nn3)[C@H]2C)[C@](C)(OC)C[C@@H](C)C(=O)[C@H](C)[C@@H](O)[C@]1(C)O. The van der Waals surface area contributed by atoms with Gasteiger partial charge in [-0.25, -0.2) is 17.5 Å². The van der Waals surface area contributed by atoms with E-state index in [0.717, 1.165) is 6.26 Å². The highest BCUT2D eigenvalue weighted by Crippen LogP contribution is 2.39.